The number of hydrogen-bond donors (Lipinski definition) is 0. The van der Waals surface area contributed by atoms with E-state index in [1.54, 1.807) is 0 Å². The molecule has 15 rings (SSSR count). The third-order valence-corrected chi connectivity index (χ3v) is 17.7. The number of nitrogens with zero attached hydrogens (tertiary/aromatic N) is 3. The van der Waals surface area contributed by atoms with E-state index in [2.05, 4.69) is 308 Å². The Labute approximate surface area is 493 Å². The molecule has 0 fully saturated rings. The van der Waals surface area contributed by atoms with Crippen LogP contribution < -0.4 is 31.1 Å². The van der Waals surface area contributed by atoms with Crippen molar-refractivity contribution >= 4 is 118 Å². The molecule has 0 spiro atoms. The minimum atomic E-state index is -0.216. The summed E-state index contributed by atoms with van der Waals surface area (Å²) in [4.78, 5) is 7.57. The molecule has 84 heavy (non-hydrogen) atoms. The molecule has 0 atom stereocenters. The van der Waals surface area contributed by atoms with Crippen LogP contribution >= 0.6 is 0 Å². The second-order valence-corrected chi connectivity index (χ2v) is 26.2. The second-order valence-electron chi connectivity index (χ2n) is 26.2. The lowest BCUT2D eigenvalue weighted by molar-refractivity contribution is 0.590. The van der Waals surface area contributed by atoms with Crippen molar-refractivity contribution in [3.05, 3.63) is 253 Å². The molecule has 0 amide bonds. The predicted molar refractivity (Wildman–Crippen MR) is 357 cm³/mol. The third kappa shape index (κ3) is 8.36. The van der Waals surface area contributed by atoms with Crippen LogP contribution in [0.2, 0.25) is 0 Å². The van der Waals surface area contributed by atoms with Gasteiger partial charge in [0.1, 0.15) is 22.3 Å². The van der Waals surface area contributed by atoms with E-state index >= 15 is 0 Å². The SMILES string of the molecule is CC(C)(C)c1ccc2c(c1)B1c3ccc(N(c4ccccc4)c4ccc(C(C)(C)C)cc4-c4ccccc4)cc3N(c3ccc(-c4cccc5oc6ccccc6c45)cc3)c3cc(C(C)(C)C)cc(c31)N2c1ccc2c(c1)oc1ccccc12. The van der Waals surface area contributed by atoms with Crippen molar-refractivity contribution in [2.45, 2.75) is 78.6 Å². The fourth-order valence-electron chi connectivity index (χ4n) is 13.3. The second kappa shape index (κ2) is 19.0. The first-order valence-electron chi connectivity index (χ1n) is 29.6. The summed E-state index contributed by atoms with van der Waals surface area (Å²) in [5.41, 5.74) is 25.4. The molecule has 6 heteroatoms. The van der Waals surface area contributed by atoms with Crippen molar-refractivity contribution in [3.8, 4) is 22.3 Å². The van der Waals surface area contributed by atoms with Gasteiger partial charge in [-0.05, 0) is 163 Å². The smallest absolute Gasteiger partial charge is 0.252 e. The molecule has 0 saturated heterocycles. The molecule has 0 radical (unpaired) electrons. The van der Waals surface area contributed by atoms with Gasteiger partial charge >= 0.3 is 0 Å². The summed E-state index contributed by atoms with van der Waals surface area (Å²) in [6, 6.07) is 87.7. The predicted octanol–water partition coefficient (Wildman–Crippen LogP) is 20.3. The van der Waals surface area contributed by atoms with Crippen molar-refractivity contribution in [1.82, 2.24) is 0 Å². The Kier molecular flexibility index (Phi) is 11.6. The number of benzene rings is 11. The lowest BCUT2D eigenvalue weighted by Crippen LogP contribution is -2.61. The first-order chi connectivity index (χ1) is 40.5. The minimum absolute atomic E-state index is 0.0582. The first-order valence-corrected chi connectivity index (χ1v) is 29.6. The van der Waals surface area contributed by atoms with Crippen LogP contribution in [0.5, 0.6) is 0 Å². The minimum Gasteiger partial charge on any atom is -0.456 e. The molecule has 2 aromatic heterocycles. The van der Waals surface area contributed by atoms with Gasteiger partial charge < -0.3 is 23.5 Å². The van der Waals surface area contributed by atoms with E-state index in [9.17, 15) is 0 Å². The number of fused-ring (bicyclic) bond motifs is 10. The van der Waals surface area contributed by atoms with E-state index < -0.39 is 0 Å². The Hall–Kier alpha value is -9.52. The van der Waals surface area contributed by atoms with E-state index in [1.165, 1.54) is 55.6 Å². The zero-order chi connectivity index (χ0) is 57.4. The van der Waals surface area contributed by atoms with Gasteiger partial charge in [0.15, 0.2) is 0 Å². The van der Waals surface area contributed by atoms with Gasteiger partial charge in [-0.3, -0.25) is 0 Å². The number of furan rings is 2. The Balaban J connectivity index is 1.01. The highest BCUT2D eigenvalue weighted by molar-refractivity contribution is 7.00. The number of para-hydroxylation sites is 3. The molecule has 11 aromatic carbocycles. The largest absolute Gasteiger partial charge is 0.456 e. The van der Waals surface area contributed by atoms with Crippen molar-refractivity contribution in [1.29, 1.82) is 0 Å². The van der Waals surface area contributed by atoms with Crippen LogP contribution in [0.3, 0.4) is 0 Å². The van der Waals surface area contributed by atoms with Crippen LogP contribution in [-0.2, 0) is 16.2 Å². The summed E-state index contributed by atoms with van der Waals surface area (Å²) >= 11 is 0. The summed E-state index contributed by atoms with van der Waals surface area (Å²) < 4.78 is 13.1. The fraction of sp³-hybridized carbons (Fsp3) is 0.154. The first kappa shape index (κ1) is 51.4. The Morgan fingerprint density at radius 3 is 1.63 bits per heavy atom. The van der Waals surface area contributed by atoms with E-state index in [-0.39, 0.29) is 23.0 Å². The van der Waals surface area contributed by atoms with Gasteiger partial charge in [-0.25, -0.2) is 0 Å². The van der Waals surface area contributed by atoms with Gasteiger partial charge in [-0.1, -0.05) is 196 Å². The standard InChI is InChI=1S/C78H66BN3O2/c1-76(2,3)51-33-41-65(62(43-51)49-21-12-10-13-22-49)80(54-23-14-11-15-24-54)56-38-40-63-67(47-56)81(55-35-31-50(32-36-55)58-27-20-30-72-74(58)61-26-17-19-29-71(61)83-72)68-45-53(78(7,8)9)46-69-75(68)79(63)64-44-52(77(4,5)6)34-42-66(64)82(69)57-37-39-60-59-25-16-18-28-70(59)84-73(60)48-57/h10-48H,1-9H3. The van der Waals surface area contributed by atoms with Gasteiger partial charge in [-0.15, -0.1) is 0 Å². The maximum Gasteiger partial charge on any atom is 0.252 e. The summed E-state index contributed by atoms with van der Waals surface area (Å²) in [7, 11) is 0. The summed E-state index contributed by atoms with van der Waals surface area (Å²) in [6.07, 6.45) is 0. The molecular formula is C78H66BN3O2. The number of anilines is 9. The average Bonchev–Trinajstić information content (AvgIpc) is 1.17. The normalized spacial score (nSPS) is 13.2. The van der Waals surface area contributed by atoms with Crippen LogP contribution in [0.15, 0.2) is 245 Å². The average molecular weight is 1090 g/mol. The van der Waals surface area contributed by atoms with Gasteiger partial charge in [-0.2, -0.15) is 0 Å². The third-order valence-electron chi connectivity index (χ3n) is 17.7. The highest BCUT2D eigenvalue weighted by atomic mass is 16.3. The zero-order valence-corrected chi connectivity index (χ0v) is 49.3. The van der Waals surface area contributed by atoms with Gasteiger partial charge in [0.2, 0.25) is 0 Å². The van der Waals surface area contributed by atoms with Crippen LogP contribution in [0.25, 0.3) is 66.1 Å². The van der Waals surface area contributed by atoms with Crippen LogP contribution in [0.1, 0.15) is 79.0 Å². The molecule has 4 heterocycles. The quantitative estimate of drug-likeness (QED) is 0.149. The summed E-state index contributed by atoms with van der Waals surface area (Å²) in [6.45, 7) is 20.8. The number of rotatable bonds is 7. The number of hydrogen-bond acceptors (Lipinski definition) is 5. The molecule has 0 saturated carbocycles. The van der Waals surface area contributed by atoms with Gasteiger partial charge in [0.05, 0.1) is 5.69 Å². The molecule has 2 aliphatic rings. The van der Waals surface area contributed by atoms with Crippen molar-refractivity contribution in [2.75, 3.05) is 14.7 Å². The molecule has 13 aromatic rings. The Bertz CT molecular complexity index is 4740. The van der Waals surface area contributed by atoms with Gasteiger partial charge in [0.25, 0.3) is 6.71 Å². The van der Waals surface area contributed by atoms with Crippen molar-refractivity contribution in [3.63, 3.8) is 0 Å². The topological polar surface area (TPSA) is 36.0 Å². The molecule has 0 N–H and O–H groups in total. The monoisotopic (exact) mass is 1090 g/mol. The van der Waals surface area contributed by atoms with E-state index in [0.29, 0.717) is 0 Å². The Morgan fingerprint density at radius 2 is 0.917 bits per heavy atom. The molecular weight excluding hydrogens is 1020 g/mol. The Morgan fingerprint density at radius 1 is 0.345 bits per heavy atom. The van der Waals surface area contributed by atoms with Crippen LogP contribution in [-0.4, -0.2) is 6.71 Å². The van der Waals surface area contributed by atoms with E-state index in [4.69, 9.17) is 8.83 Å². The van der Waals surface area contributed by atoms with Crippen molar-refractivity contribution in [2.24, 2.45) is 0 Å². The van der Waals surface area contributed by atoms with Crippen LogP contribution in [0, 0.1) is 0 Å². The molecule has 0 unspecified atom stereocenters. The molecule has 0 aliphatic carbocycles. The van der Waals surface area contributed by atoms with E-state index in [0.717, 1.165) is 94.8 Å². The molecule has 0 bridgehead atoms. The van der Waals surface area contributed by atoms with E-state index in [1.807, 2.05) is 6.07 Å². The maximum absolute atomic E-state index is 6.69. The summed E-state index contributed by atoms with van der Waals surface area (Å²) in [5.74, 6) is 0. The molecule has 5 nitrogen and oxygen atoms in total. The van der Waals surface area contributed by atoms with Crippen molar-refractivity contribution < 1.29 is 8.83 Å². The van der Waals surface area contributed by atoms with Gasteiger partial charge in [0, 0.05) is 78.7 Å². The molecule has 2 aliphatic heterocycles. The molecule has 408 valence electrons. The van der Waals surface area contributed by atoms with Crippen LogP contribution in [0.4, 0.5) is 51.2 Å². The zero-order valence-electron chi connectivity index (χ0n) is 49.3. The summed E-state index contributed by atoms with van der Waals surface area (Å²) in [5, 5.41) is 4.48. The highest BCUT2D eigenvalue weighted by Crippen LogP contribution is 2.50. The highest BCUT2D eigenvalue weighted by Gasteiger charge is 2.45. The lowest BCUT2D eigenvalue weighted by atomic mass is 9.33. The lowest BCUT2D eigenvalue weighted by Gasteiger charge is -2.45. The fourth-order valence-corrected chi connectivity index (χ4v) is 13.3. The maximum atomic E-state index is 6.69.